The molecule has 0 saturated carbocycles. The van der Waals surface area contributed by atoms with Crippen LogP contribution in [0.2, 0.25) is 0 Å². The van der Waals surface area contributed by atoms with Gasteiger partial charge in [0.25, 0.3) is 5.69 Å². The largest absolute Gasteiger partial charge is 0.369 e. The lowest BCUT2D eigenvalue weighted by Gasteiger charge is -2.12. The first-order valence-electron chi connectivity index (χ1n) is 5.13. The van der Waals surface area contributed by atoms with Gasteiger partial charge in [0.1, 0.15) is 0 Å². The number of nitro groups is 1. The molecule has 0 aliphatic heterocycles. The molecule has 2 N–H and O–H groups in total. The van der Waals surface area contributed by atoms with Crippen LogP contribution in [0.1, 0.15) is 11.8 Å². The number of rotatable bonds is 4. The summed E-state index contributed by atoms with van der Waals surface area (Å²) in [6.07, 6.45) is 1.76. The molecule has 1 atom stereocenters. The van der Waals surface area contributed by atoms with E-state index in [1.807, 2.05) is 0 Å². The zero-order chi connectivity index (χ0) is 13.0. The number of nitrogens with one attached hydrogen (secondary N) is 1. The Hall–Kier alpha value is -2.54. The molecule has 1 aromatic heterocycles. The molecule has 0 aliphatic carbocycles. The summed E-state index contributed by atoms with van der Waals surface area (Å²) in [6.45, 7) is 0. The first-order chi connectivity index (χ1) is 8.68. The molecule has 1 unspecified atom stereocenters. The van der Waals surface area contributed by atoms with Crippen molar-refractivity contribution in [3.8, 4) is 0 Å². The Balaban J connectivity index is 2.24. The summed E-state index contributed by atoms with van der Waals surface area (Å²) < 4.78 is 0. The Kier molecular flexibility index (Phi) is 3.44. The van der Waals surface area contributed by atoms with Gasteiger partial charge in [0, 0.05) is 18.5 Å². The minimum Gasteiger partial charge on any atom is -0.369 e. The summed E-state index contributed by atoms with van der Waals surface area (Å²) in [5, 5.41) is 23.3. The van der Waals surface area contributed by atoms with Crippen LogP contribution in [-0.4, -0.2) is 20.0 Å². The molecule has 92 valence electrons. The van der Waals surface area contributed by atoms with E-state index in [1.165, 1.54) is 30.6 Å². The van der Waals surface area contributed by atoms with Crippen molar-refractivity contribution in [2.24, 2.45) is 0 Å². The first kappa shape index (κ1) is 11.9. The molecule has 0 fully saturated rings. The highest BCUT2D eigenvalue weighted by Gasteiger charge is 2.19. The highest BCUT2D eigenvalue weighted by molar-refractivity contribution is 5.43. The van der Waals surface area contributed by atoms with E-state index in [1.54, 1.807) is 12.1 Å². The molecule has 7 nitrogen and oxygen atoms in total. The van der Waals surface area contributed by atoms with E-state index in [9.17, 15) is 15.2 Å². The van der Waals surface area contributed by atoms with Crippen LogP contribution in [0.4, 0.5) is 11.6 Å². The second-order valence-electron chi connectivity index (χ2n) is 3.44. The summed E-state index contributed by atoms with van der Waals surface area (Å²) >= 11 is 0. The van der Waals surface area contributed by atoms with E-state index in [-0.39, 0.29) is 17.2 Å². The van der Waals surface area contributed by atoms with Gasteiger partial charge in [-0.05, 0) is 12.1 Å². The van der Waals surface area contributed by atoms with Crippen molar-refractivity contribution in [3.05, 3.63) is 58.4 Å². The highest BCUT2D eigenvalue weighted by atomic mass is 16.6. The van der Waals surface area contributed by atoms with Crippen LogP contribution in [0.3, 0.4) is 0 Å². The minimum absolute atomic E-state index is 0.159. The third kappa shape index (κ3) is 2.58. The maximum Gasteiger partial charge on any atom is 0.277 e. The van der Waals surface area contributed by atoms with Crippen molar-refractivity contribution in [1.82, 2.24) is 9.97 Å². The fraction of sp³-hybridized carbons (Fsp3) is 0.0909. The Bertz CT molecular complexity index is 547. The van der Waals surface area contributed by atoms with E-state index >= 15 is 0 Å². The van der Waals surface area contributed by atoms with Crippen molar-refractivity contribution < 1.29 is 10.0 Å². The van der Waals surface area contributed by atoms with Crippen molar-refractivity contribution in [2.75, 3.05) is 5.32 Å². The minimum atomic E-state index is -1.24. The number of nitrogens with zero attached hydrogens (tertiary/aromatic N) is 3. The molecule has 0 radical (unpaired) electrons. The zero-order valence-electron chi connectivity index (χ0n) is 9.22. The SMILES string of the molecule is O=[N+]([O-])c1ccccc1C(O)Nc1ncccn1. The zero-order valence-corrected chi connectivity index (χ0v) is 9.22. The smallest absolute Gasteiger partial charge is 0.277 e. The standard InChI is InChI=1S/C11H10N4O3/c16-10(14-11-12-6-3-7-13-11)8-4-1-2-5-9(8)15(17)18/h1-7,10,16H,(H,12,13,14). The lowest BCUT2D eigenvalue weighted by atomic mass is 10.1. The molecular formula is C11H10N4O3. The van der Waals surface area contributed by atoms with E-state index in [4.69, 9.17) is 0 Å². The van der Waals surface area contributed by atoms with Gasteiger partial charge in [-0.2, -0.15) is 0 Å². The summed E-state index contributed by atoms with van der Waals surface area (Å²) in [4.78, 5) is 18.0. The number of hydrogen-bond donors (Lipinski definition) is 2. The third-order valence-corrected chi connectivity index (χ3v) is 2.26. The Morgan fingerprint density at radius 3 is 2.56 bits per heavy atom. The number of aliphatic hydroxyl groups is 1. The number of nitro benzene ring substituents is 1. The molecular weight excluding hydrogens is 236 g/mol. The van der Waals surface area contributed by atoms with Crippen LogP contribution in [0.15, 0.2) is 42.7 Å². The normalized spacial score (nSPS) is 11.8. The van der Waals surface area contributed by atoms with Crippen LogP contribution in [0.25, 0.3) is 0 Å². The monoisotopic (exact) mass is 246 g/mol. The van der Waals surface area contributed by atoms with E-state index in [0.717, 1.165) is 0 Å². The molecule has 0 aliphatic rings. The van der Waals surface area contributed by atoms with Crippen molar-refractivity contribution in [3.63, 3.8) is 0 Å². The second kappa shape index (κ2) is 5.19. The number of para-hydroxylation sites is 1. The fourth-order valence-corrected chi connectivity index (χ4v) is 1.46. The molecule has 2 aromatic rings. The molecule has 2 rings (SSSR count). The topological polar surface area (TPSA) is 101 Å². The summed E-state index contributed by atoms with van der Waals surface area (Å²) in [6, 6.07) is 7.57. The maximum absolute atomic E-state index is 10.8. The molecule has 0 saturated heterocycles. The third-order valence-electron chi connectivity index (χ3n) is 2.26. The van der Waals surface area contributed by atoms with Gasteiger partial charge in [-0.3, -0.25) is 10.1 Å². The number of hydrogen-bond acceptors (Lipinski definition) is 6. The predicted octanol–water partition coefficient (Wildman–Crippen LogP) is 1.49. The van der Waals surface area contributed by atoms with Gasteiger partial charge in [0.2, 0.25) is 5.95 Å². The Morgan fingerprint density at radius 2 is 1.89 bits per heavy atom. The average molecular weight is 246 g/mol. The molecule has 0 bridgehead atoms. The lowest BCUT2D eigenvalue weighted by Crippen LogP contribution is -2.13. The van der Waals surface area contributed by atoms with Gasteiger partial charge in [-0.1, -0.05) is 12.1 Å². The van der Waals surface area contributed by atoms with Gasteiger partial charge in [0.05, 0.1) is 10.5 Å². The number of anilines is 1. The summed E-state index contributed by atoms with van der Waals surface area (Å²) in [5.41, 5.74) is 0.00313. The van der Waals surface area contributed by atoms with Gasteiger partial charge < -0.3 is 10.4 Å². The summed E-state index contributed by atoms with van der Waals surface area (Å²) in [7, 11) is 0. The average Bonchev–Trinajstić information content (AvgIpc) is 2.40. The van der Waals surface area contributed by atoms with E-state index in [0.29, 0.717) is 0 Å². The van der Waals surface area contributed by atoms with Gasteiger partial charge in [-0.25, -0.2) is 9.97 Å². The molecule has 18 heavy (non-hydrogen) atoms. The highest BCUT2D eigenvalue weighted by Crippen LogP contribution is 2.24. The van der Waals surface area contributed by atoms with Gasteiger partial charge in [0.15, 0.2) is 6.23 Å². The van der Waals surface area contributed by atoms with E-state index < -0.39 is 11.2 Å². The molecule has 7 heteroatoms. The van der Waals surface area contributed by atoms with Crippen molar-refractivity contribution in [1.29, 1.82) is 0 Å². The molecule has 0 spiro atoms. The predicted molar refractivity (Wildman–Crippen MR) is 63.7 cm³/mol. The van der Waals surface area contributed by atoms with Crippen molar-refractivity contribution in [2.45, 2.75) is 6.23 Å². The number of aliphatic hydroxyl groups excluding tert-OH is 1. The van der Waals surface area contributed by atoms with Crippen molar-refractivity contribution >= 4 is 11.6 Å². The van der Waals surface area contributed by atoms with Crippen LogP contribution < -0.4 is 5.32 Å². The van der Waals surface area contributed by atoms with Crippen LogP contribution in [-0.2, 0) is 0 Å². The lowest BCUT2D eigenvalue weighted by molar-refractivity contribution is -0.386. The quantitative estimate of drug-likeness (QED) is 0.481. The Labute approximate surface area is 102 Å². The Morgan fingerprint density at radius 1 is 1.22 bits per heavy atom. The van der Waals surface area contributed by atoms with E-state index in [2.05, 4.69) is 15.3 Å². The van der Waals surface area contributed by atoms with Crippen LogP contribution in [0.5, 0.6) is 0 Å². The van der Waals surface area contributed by atoms with Crippen LogP contribution in [0, 0.1) is 10.1 Å². The number of benzene rings is 1. The van der Waals surface area contributed by atoms with Gasteiger partial charge in [-0.15, -0.1) is 0 Å². The molecule has 1 aromatic carbocycles. The van der Waals surface area contributed by atoms with Crippen LogP contribution >= 0.6 is 0 Å². The maximum atomic E-state index is 10.8. The number of aromatic nitrogens is 2. The molecule has 0 amide bonds. The second-order valence-corrected chi connectivity index (χ2v) is 3.44. The fourth-order valence-electron chi connectivity index (χ4n) is 1.46. The molecule has 1 heterocycles. The summed E-state index contributed by atoms with van der Waals surface area (Å²) in [5.74, 6) is 0.197. The first-order valence-corrected chi connectivity index (χ1v) is 5.13. The van der Waals surface area contributed by atoms with Gasteiger partial charge >= 0.3 is 0 Å².